The van der Waals surface area contributed by atoms with Gasteiger partial charge in [0.25, 0.3) is 0 Å². The molecular weight excluding hydrogens is 376 g/mol. The van der Waals surface area contributed by atoms with E-state index in [0.717, 1.165) is 29.8 Å². The van der Waals surface area contributed by atoms with Gasteiger partial charge in [-0.3, -0.25) is 9.69 Å². The van der Waals surface area contributed by atoms with E-state index in [4.69, 9.17) is 21.1 Å². The Morgan fingerprint density at radius 1 is 1.18 bits per heavy atom. The SMILES string of the molecule is C[C@H](C(=O)N[C@@H]1CCOc2ccccc21)N1CCO[C@H](c2ccc(Cl)cc2)C1. The first-order valence-electron chi connectivity index (χ1n) is 9.75. The fourth-order valence-electron chi connectivity index (χ4n) is 3.85. The van der Waals surface area contributed by atoms with Gasteiger partial charge in [0.2, 0.25) is 5.91 Å². The molecule has 2 aromatic carbocycles. The van der Waals surface area contributed by atoms with Gasteiger partial charge in [0.1, 0.15) is 5.75 Å². The van der Waals surface area contributed by atoms with E-state index in [2.05, 4.69) is 10.2 Å². The van der Waals surface area contributed by atoms with Crippen LogP contribution in [0.15, 0.2) is 48.5 Å². The normalized spacial score (nSPS) is 23.4. The van der Waals surface area contributed by atoms with Crippen LogP contribution < -0.4 is 10.1 Å². The van der Waals surface area contributed by atoms with E-state index in [0.29, 0.717) is 24.8 Å². The van der Waals surface area contributed by atoms with E-state index in [9.17, 15) is 4.79 Å². The lowest BCUT2D eigenvalue weighted by Crippen LogP contribution is -2.51. The van der Waals surface area contributed by atoms with E-state index in [1.807, 2.05) is 55.5 Å². The molecule has 0 saturated carbocycles. The standard InChI is InChI=1S/C22H25ClN2O3/c1-15(22(26)24-19-10-12-27-20-5-3-2-4-18(19)20)25-11-13-28-21(14-25)16-6-8-17(23)9-7-16/h2-9,15,19,21H,10-14H2,1H3,(H,24,26)/t15-,19-,21+/m1/s1. The fourth-order valence-corrected chi connectivity index (χ4v) is 3.98. The van der Waals surface area contributed by atoms with Crippen molar-refractivity contribution >= 4 is 17.5 Å². The molecule has 2 heterocycles. The van der Waals surface area contributed by atoms with Gasteiger partial charge in [0.05, 0.1) is 31.4 Å². The summed E-state index contributed by atoms with van der Waals surface area (Å²) >= 11 is 5.99. The molecule has 0 aliphatic carbocycles. The molecule has 1 N–H and O–H groups in total. The number of nitrogens with one attached hydrogen (secondary N) is 1. The van der Waals surface area contributed by atoms with Crippen LogP contribution in [0.2, 0.25) is 5.02 Å². The van der Waals surface area contributed by atoms with Gasteiger partial charge in [-0.2, -0.15) is 0 Å². The van der Waals surface area contributed by atoms with E-state index in [1.54, 1.807) is 0 Å². The summed E-state index contributed by atoms with van der Waals surface area (Å²) in [6, 6.07) is 15.4. The number of hydrogen-bond donors (Lipinski definition) is 1. The first-order chi connectivity index (χ1) is 13.6. The minimum atomic E-state index is -0.228. The topological polar surface area (TPSA) is 50.8 Å². The number of ether oxygens (including phenoxy) is 2. The van der Waals surface area contributed by atoms with Crippen molar-refractivity contribution in [2.24, 2.45) is 0 Å². The molecule has 2 aromatic rings. The van der Waals surface area contributed by atoms with Crippen molar-refractivity contribution in [1.82, 2.24) is 10.2 Å². The van der Waals surface area contributed by atoms with E-state index in [-0.39, 0.29) is 24.1 Å². The highest BCUT2D eigenvalue weighted by Gasteiger charge is 2.31. The molecule has 1 fully saturated rings. The molecule has 28 heavy (non-hydrogen) atoms. The predicted octanol–water partition coefficient (Wildman–Crippen LogP) is 3.74. The van der Waals surface area contributed by atoms with E-state index < -0.39 is 0 Å². The van der Waals surface area contributed by atoms with Gasteiger partial charge in [-0.15, -0.1) is 0 Å². The summed E-state index contributed by atoms with van der Waals surface area (Å²) in [6.07, 6.45) is 0.733. The van der Waals surface area contributed by atoms with Gasteiger partial charge in [0.15, 0.2) is 0 Å². The zero-order chi connectivity index (χ0) is 19.5. The minimum absolute atomic E-state index is 0.00648. The maximum absolute atomic E-state index is 13.0. The van der Waals surface area contributed by atoms with Crippen LogP contribution in [-0.2, 0) is 9.53 Å². The van der Waals surface area contributed by atoms with Crippen molar-refractivity contribution in [2.75, 3.05) is 26.3 Å². The average molecular weight is 401 g/mol. The lowest BCUT2D eigenvalue weighted by atomic mass is 10.00. The molecule has 0 radical (unpaired) electrons. The van der Waals surface area contributed by atoms with Crippen molar-refractivity contribution in [3.05, 3.63) is 64.7 Å². The Morgan fingerprint density at radius 2 is 1.96 bits per heavy atom. The number of fused-ring (bicyclic) bond motifs is 1. The number of amides is 1. The summed E-state index contributed by atoms with van der Waals surface area (Å²) in [5, 5.41) is 3.92. The van der Waals surface area contributed by atoms with Gasteiger partial charge >= 0.3 is 0 Å². The summed E-state index contributed by atoms with van der Waals surface area (Å²) in [4.78, 5) is 15.1. The van der Waals surface area contributed by atoms with Crippen molar-refractivity contribution in [3.8, 4) is 5.75 Å². The second-order valence-corrected chi connectivity index (χ2v) is 7.75. The maximum Gasteiger partial charge on any atom is 0.237 e. The molecule has 148 valence electrons. The molecule has 0 spiro atoms. The molecule has 0 bridgehead atoms. The van der Waals surface area contributed by atoms with Gasteiger partial charge in [0, 0.05) is 30.1 Å². The van der Waals surface area contributed by atoms with Crippen molar-refractivity contribution in [2.45, 2.75) is 31.5 Å². The number of halogens is 1. The molecule has 5 nitrogen and oxygen atoms in total. The highest BCUT2D eigenvalue weighted by Crippen LogP contribution is 2.32. The molecule has 0 unspecified atom stereocenters. The lowest BCUT2D eigenvalue weighted by Gasteiger charge is -2.37. The molecule has 2 aliphatic rings. The number of rotatable bonds is 4. The van der Waals surface area contributed by atoms with Crippen LogP contribution in [0.1, 0.15) is 36.6 Å². The highest BCUT2D eigenvalue weighted by atomic mass is 35.5. The van der Waals surface area contributed by atoms with Crippen LogP contribution in [0.4, 0.5) is 0 Å². The molecule has 6 heteroatoms. The van der Waals surface area contributed by atoms with Crippen LogP contribution >= 0.6 is 11.6 Å². The summed E-state index contributed by atoms with van der Waals surface area (Å²) in [6.45, 7) is 4.60. The summed E-state index contributed by atoms with van der Waals surface area (Å²) < 4.78 is 11.6. The molecule has 3 atom stereocenters. The second-order valence-electron chi connectivity index (χ2n) is 7.32. The van der Waals surface area contributed by atoms with Gasteiger partial charge in [-0.1, -0.05) is 41.9 Å². The molecule has 1 amide bonds. The maximum atomic E-state index is 13.0. The average Bonchev–Trinajstić information content (AvgIpc) is 2.74. The number of para-hydroxylation sites is 1. The largest absolute Gasteiger partial charge is 0.493 e. The quantitative estimate of drug-likeness (QED) is 0.849. The Labute approximate surface area is 170 Å². The fraction of sp³-hybridized carbons (Fsp3) is 0.409. The third-order valence-corrected chi connectivity index (χ3v) is 5.79. The van der Waals surface area contributed by atoms with Crippen LogP contribution in [0.3, 0.4) is 0 Å². The van der Waals surface area contributed by atoms with E-state index in [1.165, 1.54) is 0 Å². The molecule has 2 aliphatic heterocycles. The Morgan fingerprint density at radius 3 is 2.79 bits per heavy atom. The van der Waals surface area contributed by atoms with Gasteiger partial charge in [-0.25, -0.2) is 0 Å². The van der Waals surface area contributed by atoms with Crippen molar-refractivity contribution < 1.29 is 14.3 Å². The number of carbonyl (C=O) groups excluding carboxylic acids is 1. The van der Waals surface area contributed by atoms with Gasteiger partial charge in [-0.05, 0) is 30.7 Å². The highest BCUT2D eigenvalue weighted by molar-refractivity contribution is 6.30. The Hall–Kier alpha value is -2.08. The monoisotopic (exact) mass is 400 g/mol. The third kappa shape index (κ3) is 4.17. The third-order valence-electron chi connectivity index (χ3n) is 5.54. The zero-order valence-electron chi connectivity index (χ0n) is 15.9. The first-order valence-corrected chi connectivity index (χ1v) is 10.1. The molecule has 4 rings (SSSR count). The number of carbonyl (C=O) groups is 1. The molecular formula is C22H25ClN2O3. The number of morpholine rings is 1. The summed E-state index contributed by atoms with van der Waals surface area (Å²) in [7, 11) is 0. The minimum Gasteiger partial charge on any atom is -0.493 e. The first kappa shape index (κ1) is 19.2. The smallest absolute Gasteiger partial charge is 0.237 e. The number of hydrogen-bond acceptors (Lipinski definition) is 4. The lowest BCUT2D eigenvalue weighted by molar-refractivity contribution is -0.130. The molecule has 0 aromatic heterocycles. The van der Waals surface area contributed by atoms with Crippen LogP contribution in [-0.4, -0.2) is 43.2 Å². The van der Waals surface area contributed by atoms with Crippen molar-refractivity contribution in [3.63, 3.8) is 0 Å². The Kier molecular flexibility index (Phi) is 5.85. The van der Waals surface area contributed by atoms with Crippen LogP contribution in [0.5, 0.6) is 5.75 Å². The van der Waals surface area contributed by atoms with Crippen LogP contribution in [0, 0.1) is 0 Å². The summed E-state index contributed by atoms with van der Waals surface area (Å²) in [5.41, 5.74) is 2.13. The molecule has 1 saturated heterocycles. The van der Waals surface area contributed by atoms with Crippen molar-refractivity contribution in [1.29, 1.82) is 0 Å². The van der Waals surface area contributed by atoms with Crippen LogP contribution in [0.25, 0.3) is 0 Å². The zero-order valence-corrected chi connectivity index (χ0v) is 16.7. The summed E-state index contributed by atoms with van der Waals surface area (Å²) in [5.74, 6) is 0.902. The predicted molar refractivity (Wildman–Crippen MR) is 109 cm³/mol. The number of nitrogens with zero attached hydrogens (tertiary/aromatic N) is 1. The number of benzene rings is 2. The van der Waals surface area contributed by atoms with E-state index >= 15 is 0 Å². The second kappa shape index (κ2) is 8.52. The van der Waals surface area contributed by atoms with Gasteiger partial charge < -0.3 is 14.8 Å². The Bertz CT molecular complexity index is 827. The Balaban J connectivity index is 1.40.